The first kappa shape index (κ1) is 19.3. The summed E-state index contributed by atoms with van der Waals surface area (Å²) in [7, 11) is 0. The van der Waals surface area contributed by atoms with Crippen LogP contribution in [0.15, 0.2) is 58.9 Å². The van der Waals surface area contributed by atoms with Crippen LogP contribution < -0.4 is 10.2 Å². The molecule has 0 radical (unpaired) electrons. The lowest BCUT2D eigenvalue weighted by Crippen LogP contribution is -3.13. The molecule has 1 fully saturated rings. The first-order valence-corrected chi connectivity index (χ1v) is 11.0. The maximum absolute atomic E-state index is 13.7. The van der Waals surface area contributed by atoms with E-state index >= 15 is 0 Å². The fourth-order valence-corrected chi connectivity index (χ4v) is 4.97. The molecule has 0 amide bonds. The Labute approximate surface area is 171 Å². The summed E-state index contributed by atoms with van der Waals surface area (Å²) >= 11 is 3.07. The van der Waals surface area contributed by atoms with Gasteiger partial charge in [0.05, 0.1) is 12.3 Å². The Morgan fingerprint density at radius 2 is 1.96 bits per heavy atom. The molecule has 1 aromatic heterocycles. The fourth-order valence-electron chi connectivity index (χ4n) is 3.17. The van der Waals surface area contributed by atoms with E-state index in [1.807, 2.05) is 0 Å². The van der Waals surface area contributed by atoms with Crippen LogP contribution in [0, 0.1) is 5.82 Å². The van der Waals surface area contributed by atoms with E-state index in [-0.39, 0.29) is 11.9 Å². The number of rotatable bonds is 7. The molecule has 0 aliphatic carbocycles. The van der Waals surface area contributed by atoms with E-state index in [0.717, 1.165) is 36.3 Å². The molecular weight excluding hydrogens is 395 g/mol. The highest BCUT2D eigenvalue weighted by molar-refractivity contribution is 8.01. The molecule has 1 unspecified atom stereocenters. The van der Waals surface area contributed by atoms with E-state index < -0.39 is 0 Å². The minimum absolute atomic E-state index is 0.198. The van der Waals surface area contributed by atoms with Gasteiger partial charge in [0.25, 0.3) is 0 Å². The average Bonchev–Trinajstić information content (AvgIpc) is 3.17. The number of ether oxygens (including phenoxy) is 1. The molecule has 0 saturated carbocycles. The Balaban J connectivity index is 1.27. The molecule has 1 aliphatic heterocycles. The lowest BCUT2D eigenvalue weighted by atomic mass is 10.2. The van der Waals surface area contributed by atoms with Crippen molar-refractivity contribution in [1.82, 2.24) is 10.2 Å². The van der Waals surface area contributed by atoms with Crippen molar-refractivity contribution in [3.8, 4) is 0 Å². The fraction of sp³-hybridized carbons (Fsp3) is 0.300. The van der Waals surface area contributed by atoms with Gasteiger partial charge < -0.3 is 15.0 Å². The van der Waals surface area contributed by atoms with Crippen molar-refractivity contribution in [1.29, 1.82) is 0 Å². The van der Waals surface area contributed by atoms with Gasteiger partial charge in [0.1, 0.15) is 31.6 Å². The van der Waals surface area contributed by atoms with Crippen LogP contribution in [0.5, 0.6) is 0 Å². The largest absolute Gasteiger partial charge is 0.366 e. The van der Waals surface area contributed by atoms with Gasteiger partial charge in [0, 0.05) is 11.3 Å². The zero-order chi connectivity index (χ0) is 19.2. The summed E-state index contributed by atoms with van der Waals surface area (Å²) in [5, 5.41) is 11.9. The van der Waals surface area contributed by atoms with E-state index in [0.29, 0.717) is 10.8 Å². The molecule has 2 heterocycles. The normalized spacial score (nSPS) is 19.5. The van der Waals surface area contributed by atoms with Gasteiger partial charge in [-0.05, 0) is 12.1 Å². The van der Waals surface area contributed by atoms with Gasteiger partial charge in [-0.15, -0.1) is 10.2 Å². The van der Waals surface area contributed by atoms with Crippen molar-refractivity contribution in [3.63, 3.8) is 0 Å². The molecule has 28 heavy (non-hydrogen) atoms. The van der Waals surface area contributed by atoms with Crippen LogP contribution in [-0.2, 0) is 11.3 Å². The molecule has 146 valence electrons. The molecule has 2 N–H and O–H groups in total. The number of morpholine rings is 1. The second kappa shape index (κ2) is 9.47. The number of thioether (sulfide) groups is 1. The topological polar surface area (TPSA) is 51.5 Å². The number of para-hydroxylation sites is 1. The Morgan fingerprint density at radius 1 is 1.14 bits per heavy atom. The monoisotopic (exact) mass is 417 g/mol. The highest BCUT2D eigenvalue weighted by atomic mass is 32.2. The van der Waals surface area contributed by atoms with Crippen molar-refractivity contribution >= 4 is 33.9 Å². The van der Waals surface area contributed by atoms with Gasteiger partial charge in [-0.3, -0.25) is 0 Å². The van der Waals surface area contributed by atoms with Gasteiger partial charge in [0.15, 0.2) is 4.34 Å². The van der Waals surface area contributed by atoms with E-state index in [9.17, 15) is 4.39 Å². The predicted octanol–water partition coefficient (Wildman–Crippen LogP) is 3.00. The number of hydrogen-bond donors (Lipinski definition) is 2. The minimum atomic E-state index is -0.302. The van der Waals surface area contributed by atoms with Crippen molar-refractivity contribution in [2.45, 2.75) is 17.0 Å². The standard InChI is InChI=1S/C20H21FN4OS2/c21-17-8-4-5-9-18(17)22-19-23-24-20(28-19)27-14-16-13-25(10-11-26-16)12-15-6-2-1-3-7-15/h1-9,16H,10-14H2,(H,22,23)/p+1/t16-/m0/s1. The Hall–Kier alpha value is -2.00. The molecule has 3 aromatic rings. The number of aromatic nitrogens is 2. The number of anilines is 2. The summed E-state index contributed by atoms with van der Waals surface area (Å²) in [6.45, 7) is 3.83. The van der Waals surface area contributed by atoms with Gasteiger partial charge >= 0.3 is 0 Å². The summed E-state index contributed by atoms with van der Waals surface area (Å²) in [6, 6.07) is 17.1. The molecule has 2 atom stereocenters. The van der Waals surface area contributed by atoms with E-state index in [1.54, 1.807) is 34.9 Å². The molecule has 8 heteroatoms. The highest BCUT2D eigenvalue weighted by Gasteiger charge is 2.24. The van der Waals surface area contributed by atoms with Crippen molar-refractivity contribution < 1.29 is 14.0 Å². The molecular formula is C20H22FN4OS2+. The zero-order valence-electron chi connectivity index (χ0n) is 15.3. The van der Waals surface area contributed by atoms with Crippen molar-refractivity contribution in [2.75, 3.05) is 30.8 Å². The van der Waals surface area contributed by atoms with Crippen LogP contribution in [0.25, 0.3) is 0 Å². The number of halogens is 1. The third-order valence-corrected chi connectivity index (χ3v) is 6.64. The maximum Gasteiger partial charge on any atom is 0.210 e. The Kier molecular flexibility index (Phi) is 6.53. The number of benzene rings is 2. The van der Waals surface area contributed by atoms with Crippen LogP contribution in [0.2, 0.25) is 0 Å². The molecule has 5 nitrogen and oxygen atoms in total. The second-order valence-corrected chi connectivity index (χ2v) is 8.89. The molecule has 1 aliphatic rings. The van der Waals surface area contributed by atoms with Crippen LogP contribution in [0.1, 0.15) is 5.56 Å². The van der Waals surface area contributed by atoms with Crippen LogP contribution in [0.4, 0.5) is 15.2 Å². The summed E-state index contributed by atoms with van der Waals surface area (Å²) in [6.07, 6.45) is 0.198. The van der Waals surface area contributed by atoms with Gasteiger partial charge in [-0.2, -0.15) is 0 Å². The second-order valence-electron chi connectivity index (χ2n) is 6.65. The highest BCUT2D eigenvalue weighted by Crippen LogP contribution is 2.29. The number of quaternary nitrogens is 1. The van der Waals surface area contributed by atoms with E-state index in [2.05, 4.69) is 45.8 Å². The first-order valence-electron chi connectivity index (χ1n) is 9.23. The maximum atomic E-state index is 13.7. The van der Waals surface area contributed by atoms with Crippen molar-refractivity contribution in [2.24, 2.45) is 0 Å². The minimum Gasteiger partial charge on any atom is -0.366 e. The summed E-state index contributed by atoms with van der Waals surface area (Å²) < 4.78 is 20.5. The summed E-state index contributed by atoms with van der Waals surface area (Å²) in [5.74, 6) is 0.538. The Bertz CT molecular complexity index is 893. The molecule has 2 aromatic carbocycles. The van der Waals surface area contributed by atoms with Gasteiger partial charge in [-0.25, -0.2) is 4.39 Å². The number of nitrogens with one attached hydrogen (secondary N) is 2. The predicted molar refractivity (Wildman–Crippen MR) is 111 cm³/mol. The summed E-state index contributed by atoms with van der Waals surface area (Å²) in [4.78, 5) is 1.54. The molecule has 0 spiro atoms. The molecule has 1 saturated heterocycles. The molecule has 4 rings (SSSR count). The number of nitrogens with zero attached hydrogens (tertiary/aromatic N) is 2. The lowest BCUT2D eigenvalue weighted by Gasteiger charge is -2.29. The molecule has 0 bridgehead atoms. The smallest absolute Gasteiger partial charge is 0.210 e. The lowest BCUT2D eigenvalue weighted by molar-refractivity contribution is -0.924. The van der Waals surface area contributed by atoms with Crippen LogP contribution in [-0.4, -0.2) is 41.8 Å². The van der Waals surface area contributed by atoms with Crippen molar-refractivity contribution in [3.05, 3.63) is 66.0 Å². The van der Waals surface area contributed by atoms with E-state index in [1.165, 1.54) is 23.0 Å². The number of hydrogen-bond acceptors (Lipinski definition) is 6. The summed E-state index contributed by atoms with van der Waals surface area (Å²) in [5.41, 5.74) is 1.77. The van der Waals surface area contributed by atoms with Gasteiger partial charge in [0.2, 0.25) is 5.13 Å². The van der Waals surface area contributed by atoms with E-state index in [4.69, 9.17) is 4.74 Å². The Morgan fingerprint density at radius 3 is 2.82 bits per heavy atom. The van der Waals surface area contributed by atoms with Crippen LogP contribution in [0.3, 0.4) is 0 Å². The third-order valence-electron chi connectivity index (χ3n) is 4.54. The SMILES string of the molecule is Fc1ccccc1Nc1nnc(SC[C@@H]2C[NH+](Cc3ccccc3)CCO2)s1. The zero-order valence-corrected chi connectivity index (χ0v) is 16.9. The van der Waals surface area contributed by atoms with Crippen LogP contribution >= 0.6 is 23.1 Å². The average molecular weight is 418 g/mol. The first-order chi connectivity index (χ1) is 13.8. The quantitative estimate of drug-likeness (QED) is 0.579. The van der Waals surface area contributed by atoms with Gasteiger partial charge in [-0.1, -0.05) is 65.6 Å². The third kappa shape index (κ3) is 5.29.